The fourth-order valence-corrected chi connectivity index (χ4v) is 4.27. The minimum Gasteiger partial charge on any atom is -0.355 e. The van der Waals surface area contributed by atoms with E-state index in [1.807, 2.05) is 77.7 Å². The van der Waals surface area contributed by atoms with Crippen LogP contribution in [0, 0.1) is 0 Å². The lowest BCUT2D eigenvalue weighted by atomic mass is 9.94. The Balaban J connectivity index is 1.52. The molecule has 0 spiro atoms. The van der Waals surface area contributed by atoms with E-state index in [4.69, 9.17) is 0 Å². The molecular formula is C28H25N3O2. The van der Waals surface area contributed by atoms with Gasteiger partial charge >= 0.3 is 0 Å². The Morgan fingerprint density at radius 1 is 0.909 bits per heavy atom. The van der Waals surface area contributed by atoms with E-state index >= 15 is 0 Å². The molecule has 3 aromatic carbocycles. The molecule has 2 amide bonds. The number of amides is 2. The fraction of sp³-hybridized carbons (Fsp3) is 0.179. The van der Waals surface area contributed by atoms with Gasteiger partial charge in [-0.15, -0.1) is 0 Å². The predicted molar refractivity (Wildman–Crippen MR) is 130 cm³/mol. The summed E-state index contributed by atoms with van der Waals surface area (Å²) in [6.07, 6.45) is 3.84. The highest BCUT2D eigenvalue weighted by molar-refractivity contribution is 6.10. The number of pyridine rings is 1. The van der Waals surface area contributed by atoms with Crippen molar-refractivity contribution < 1.29 is 9.59 Å². The van der Waals surface area contributed by atoms with E-state index in [0.29, 0.717) is 17.7 Å². The van der Waals surface area contributed by atoms with E-state index in [0.717, 1.165) is 40.4 Å². The fourth-order valence-electron chi connectivity index (χ4n) is 4.27. The van der Waals surface area contributed by atoms with Crippen LogP contribution in [0.1, 0.15) is 39.3 Å². The Labute approximate surface area is 193 Å². The van der Waals surface area contributed by atoms with E-state index in [-0.39, 0.29) is 17.9 Å². The van der Waals surface area contributed by atoms with Crippen LogP contribution in [0.2, 0.25) is 0 Å². The van der Waals surface area contributed by atoms with Crippen LogP contribution in [0.15, 0.2) is 85.1 Å². The first-order valence-corrected chi connectivity index (χ1v) is 11.2. The number of carbonyl (C=O) groups excluding carboxylic acids is 2. The lowest BCUT2D eigenvalue weighted by Crippen LogP contribution is -2.33. The summed E-state index contributed by atoms with van der Waals surface area (Å²) in [5, 5.41) is 4.60. The molecule has 33 heavy (non-hydrogen) atoms. The summed E-state index contributed by atoms with van der Waals surface area (Å²) in [7, 11) is 1.62. The topological polar surface area (TPSA) is 62.3 Å². The molecule has 1 heterocycles. The van der Waals surface area contributed by atoms with Gasteiger partial charge in [0.1, 0.15) is 0 Å². The summed E-state index contributed by atoms with van der Waals surface area (Å²) >= 11 is 0. The molecule has 0 atom stereocenters. The summed E-state index contributed by atoms with van der Waals surface area (Å²) in [5.74, 6) is -0.0682. The van der Waals surface area contributed by atoms with Crippen molar-refractivity contribution >= 4 is 22.6 Å². The van der Waals surface area contributed by atoms with Gasteiger partial charge in [0.05, 0.1) is 12.2 Å². The van der Waals surface area contributed by atoms with Crippen molar-refractivity contribution in [1.29, 1.82) is 0 Å². The zero-order chi connectivity index (χ0) is 22.8. The van der Waals surface area contributed by atoms with E-state index in [1.165, 1.54) is 0 Å². The van der Waals surface area contributed by atoms with Crippen LogP contribution in [0.3, 0.4) is 0 Å². The van der Waals surface area contributed by atoms with Gasteiger partial charge < -0.3 is 10.2 Å². The number of nitrogens with zero attached hydrogens (tertiary/aromatic N) is 2. The average Bonchev–Trinajstić information content (AvgIpc) is 3.72. The molecule has 1 fully saturated rings. The number of hydrogen-bond donors (Lipinski definition) is 1. The van der Waals surface area contributed by atoms with Crippen molar-refractivity contribution in [1.82, 2.24) is 15.2 Å². The number of fused-ring (bicyclic) bond motifs is 1. The molecule has 0 unspecified atom stereocenters. The third-order valence-electron chi connectivity index (χ3n) is 6.14. The number of hydrogen-bond acceptors (Lipinski definition) is 3. The number of aromatic nitrogens is 1. The summed E-state index contributed by atoms with van der Waals surface area (Å²) < 4.78 is 0. The minimum absolute atomic E-state index is 0.0425. The zero-order valence-corrected chi connectivity index (χ0v) is 18.5. The quantitative estimate of drug-likeness (QED) is 0.460. The highest BCUT2D eigenvalue weighted by Crippen LogP contribution is 2.34. The van der Waals surface area contributed by atoms with E-state index in [2.05, 4.69) is 16.4 Å². The van der Waals surface area contributed by atoms with Gasteiger partial charge in [-0.3, -0.25) is 14.6 Å². The summed E-state index contributed by atoms with van der Waals surface area (Å²) in [6.45, 7) is 0.515. The van der Waals surface area contributed by atoms with Gasteiger partial charge in [0.2, 0.25) is 0 Å². The summed E-state index contributed by atoms with van der Waals surface area (Å²) in [6, 6.07) is 25.6. The van der Waals surface area contributed by atoms with Gasteiger partial charge in [-0.1, -0.05) is 48.5 Å². The summed E-state index contributed by atoms with van der Waals surface area (Å²) in [4.78, 5) is 32.0. The minimum atomic E-state index is -0.111. The standard InChI is InChI=1S/C28H25N3O2/c1-29-27(32)20-13-11-19(12-14-20)23-7-4-9-25-24(23)8-5-10-26(25)28(33)31(22-15-16-22)18-21-6-2-3-17-30-21/h2-14,17,22H,15-16,18H2,1H3,(H,29,32). The van der Waals surface area contributed by atoms with Crippen molar-refractivity contribution in [2.24, 2.45) is 0 Å². The lowest BCUT2D eigenvalue weighted by Gasteiger charge is -2.23. The maximum Gasteiger partial charge on any atom is 0.255 e. The van der Waals surface area contributed by atoms with Crippen LogP contribution in [-0.4, -0.2) is 34.8 Å². The highest BCUT2D eigenvalue weighted by Gasteiger charge is 2.34. The SMILES string of the molecule is CNC(=O)c1ccc(-c2cccc3c(C(=O)N(Cc4ccccn4)C4CC4)cccc23)cc1. The molecule has 5 rings (SSSR count). The second-order valence-corrected chi connectivity index (χ2v) is 8.35. The van der Waals surface area contributed by atoms with Crippen LogP contribution in [0.4, 0.5) is 0 Å². The molecular weight excluding hydrogens is 410 g/mol. The average molecular weight is 436 g/mol. The van der Waals surface area contributed by atoms with Gasteiger partial charge in [-0.2, -0.15) is 0 Å². The first-order chi connectivity index (χ1) is 16.2. The second-order valence-electron chi connectivity index (χ2n) is 8.35. The number of rotatable bonds is 6. The second kappa shape index (κ2) is 8.87. The Kier molecular flexibility index (Phi) is 5.61. The van der Waals surface area contributed by atoms with Gasteiger partial charge in [0.25, 0.3) is 11.8 Å². The van der Waals surface area contributed by atoms with Crippen LogP contribution < -0.4 is 5.32 Å². The Hall–Kier alpha value is -3.99. The molecule has 164 valence electrons. The van der Waals surface area contributed by atoms with Gasteiger partial charge in [-0.25, -0.2) is 0 Å². The van der Waals surface area contributed by atoms with Crippen LogP contribution >= 0.6 is 0 Å². The molecule has 1 aliphatic rings. The maximum absolute atomic E-state index is 13.7. The zero-order valence-electron chi connectivity index (χ0n) is 18.5. The molecule has 4 aromatic rings. The molecule has 0 radical (unpaired) electrons. The van der Waals surface area contributed by atoms with E-state index < -0.39 is 0 Å². The largest absolute Gasteiger partial charge is 0.355 e. The molecule has 5 heteroatoms. The number of benzene rings is 3. The van der Waals surface area contributed by atoms with Gasteiger partial charge in [0, 0.05) is 30.4 Å². The van der Waals surface area contributed by atoms with Gasteiger partial charge in [0.15, 0.2) is 0 Å². The number of carbonyl (C=O) groups is 2. The molecule has 1 N–H and O–H groups in total. The molecule has 1 saturated carbocycles. The third kappa shape index (κ3) is 4.22. The van der Waals surface area contributed by atoms with Crippen LogP contribution in [-0.2, 0) is 6.54 Å². The van der Waals surface area contributed by atoms with E-state index in [9.17, 15) is 9.59 Å². The Morgan fingerprint density at radius 3 is 2.36 bits per heavy atom. The first-order valence-electron chi connectivity index (χ1n) is 11.2. The monoisotopic (exact) mass is 435 g/mol. The molecule has 0 bridgehead atoms. The lowest BCUT2D eigenvalue weighted by molar-refractivity contribution is 0.0729. The summed E-state index contributed by atoms with van der Waals surface area (Å²) in [5.41, 5.74) is 4.26. The normalized spacial score (nSPS) is 13.0. The Morgan fingerprint density at radius 2 is 1.67 bits per heavy atom. The van der Waals surface area contributed by atoms with Gasteiger partial charge in [-0.05, 0) is 65.1 Å². The molecule has 0 aliphatic heterocycles. The predicted octanol–water partition coefficient (Wildman–Crippen LogP) is 5.07. The smallest absolute Gasteiger partial charge is 0.255 e. The van der Waals surface area contributed by atoms with Crippen LogP contribution in [0.25, 0.3) is 21.9 Å². The molecule has 1 aromatic heterocycles. The molecule has 1 aliphatic carbocycles. The number of nitrogens with one attached hydrogen (secondary N) is 1. The first kappa shape index (κ1) is 20.9. The van der Waals surface area contributed by atoms with Crippen molar-refractivity contribution in [3.05, 3.63) is 102 Å². The van der Waals surface area contributed by atoms with Crippen molar-refractivity contribution in [2.75, 3.05) is 7.05 Å². The molecule has 0 saturated heterocycles. The van der Waals surface area contributed by atoms with Crippen molar-refractivity contribution in [3.63, 3.8) is 0 Å². The third-order valence-corrected chi connectivity index (χ3v) is 6.14. The van der Waals surface area contributed by atoms with Crippen molar-refractivity contribution in [3.8, 4) is 11.1 Å². The van der Waals surface area contributed by atoms with Crippen molar-refractivity contribution in [2.45, 2.75) is 25.4 Å². The van der Waals surface area contributed by atoms with Crippen LogP contribution in [0.5, 0.6) is 0 Å². The Bertz CT molecular complexity index is 1310. The van der Waals surface area contributed by atoms with E-state index in [1.54, 1.807) is 13.2 Å². The molecule has 5 nitrogen and oxygen atoms in total. The maximum atomic E-state index is 13.7. The highest BCUT2D eigenvalue weighted by atomic mass is 16.2.